The number of benzene rings is 3. The minimum absolute atomic E-state index is 0.316. The summed E-state index contributed by atoms with van der Waals surface area (Å²) in [6.07, 6.45) is 0. The van der Waals surface area contributed by atoms with E-state index in [1.54, 1.807) is 23.5 Å². The van der Waals surface area contributed by atoms with Crippen molar-refractivity contribution in [3.8, 4) is 11.1 Å². The van der Waals surface area contributed by atoms with Crippen LogP contribution >= 0.6 is 23.5 Å². The second-order valence-electron chi connectivity index (χ2n) is 6.48. The minimum Gasteiger partial charge on any atom is -0.368 e. The molecule has 3 aromatic carbocycles. The van der Waals surface area contributed by atoms with Gasteiger partial charge in [0.2, 0.25) is 5.95 Å². The van der Waals surface area contributed by atoms with E-state index in [9.17, 15) is 0 Å². The maximum Gasteiger partial charge on any atom is 0.222 e. The van der Waals surface area contributed by atoms with Crippen LogP contribution in [0, 0.1) is 0 Å². The maximum absolute atomic E-state index is 6.10. The van der Waals surface area contributed by atoms with Gasteiger partial charge in [0, 0.05) is 17.1 Å². The van der Waals surface area contributed by atoms with Gasteiger partial charge < -0.3 is 5.73 Å². The van der Waals surface area contributed by atoms with Gasteiger partial charge in [0.15, 0.2) is 0 Å². The average Bonchev–Trinajstić information content (AvgIpc) is 2.78. The average molecular weight is 416 g/mol. The molecule has 29 heavy (non-hydrogen) atoms. The van der Waals surface area contributed by atoms with Crippen molar-refractivity contribution in [1.29, 1.82) is 0 Å². The summed E-state index contributed by atoms with van der Waals surface area (Å²) >= 11 is 3.40. The zero-order valence-electron chi connectivity index (χ0n) is 15.9. The number of nitrogens with zero attached hydrogens (tertiary/aromatic N) is 2. The molecule has 1 heterocycles. The Bertz CT molecular complexity index is 991. The molecular weight excluding hydrogens is 394 g/mol. The van der Waals surface area contributed by atoms with E-state index in [0.29, 0.717) is 5.95 Å². The molecule has 0 spiro atoms. The van der Waals surface area contributed by atoms with Crippen molar-refractivity contribution in [1.82, 2.24) is 9.97 Å². The number of nitrogen functional groups attached to an aromatic ring is 1. The van der Waals surface area contributed by atoms with Gasteiger partial charge in [-0.25, -0.2) is 9.97 Å². The molecule has 3 nitrogen and oxygen atoms in total. The van der Waals surface area contributed by atoms with Gasteiger partial charge in [0.05, 0.1) is 0 Å². The zero-order valence-corrected chi connectivity index (χ0v) is 17.5. The fourth-order valence-electron chi connectivity index (χ4n) is 2.95. The molecule has 4 rings (SSSR count). The number of nitrogens with two attached hydrogens (primary N) is 1. The van der Waals surface area contributed by atoms with Crippen LogP contribution in [0.1, 0.15) is 11.1 Å². The Morgan fingerprint density at radius 1 is 0.586 bits per heavy atom. The van der Waals surface area contributed by atoms with E-state index in [4.69, 9.17) is 5.73 Å². The monoisotopic (exact) mass is 415 g/mol. The molecule has 0 radical (unpaired) electrons. The summed E-state index contributed by atoms with van der Waals surface area (Å²) in [5.74, 6) is 1.98. The Morgan fingerprint density at radius 2 is 1.00 bits per heavy atom. The third kappa shape index (κ3) is 5.19. The second kappa shape index (κ2) is 9.63. The molecule has 4 aromatic rings. The molecule has 5 heteroatoms. The standard InChI is InChI=1S/C24H21N3S2/c25-24-26-22(28-16-18-10-4-1-5-11-18)21(20-14-8-3-9-15-20)23(27-24)29-17-19-12-6-2-7-13-19/h1-15H,16-17H2,(H2,25,26,27). The van der Waals surface area contributed by atoms with Crippen molar-refractivity contribution in [2.24, 2.45) is 0 Å². The van der Waals surface area contributed by atoms with Gasteiger partial charge in [0.25, 0.3) is 0 Å². The van der Waals surface area contributed by atoms with Crippen molar-refractivity contribution >= 4 is 29.5 Å². The maximum atomic E-state index is 6.10. The molecule has 0 bridgehead atoms. The highest BCUT2D eigenvalue weighted by Gasteiger charge is 2.17. The quantitative estimate of drug-likeness (QED) is 0.283. The number of anilines is 1. The van der Waals surface area contributed by atoms with Crippen LogP contribution in [-0.2, 0) is 11.5 Å². The fraction of sp³-hybridized carbons (Fsp3) is 0.0833. The van der Waals surface area contributed by atoms with E-state index in [2.05, 4.69) is 70.6 Å². The summed E-state index contributed by atoms with van der Waals surface area (Å²) in [5, 5.41) is 1.84. The molecule has 0 amide bonds. The Morgan fingerprint density at radius 3 is 1.45 bits per heavy atom. The topological polar surface area (TPSA) is 51.8 Å². The van der Waals surface area contributed by atoms with E-state index in [1.165, 1.54) is 11.1 Å². The van der Waals surface area contributed by atoms with Gasteiger partial charge >= 0.3 is 0 Å². The molecular formula is C24H21N3S2. The molecule has 1 aromatic heterocycles. The number of rotatable bonds is 7. The Balaban J connectivity index is 1.68. The number of hydrogen-bond donors (Lipinski definition) is 1. The van der Waals surface area contributed by atoms with Crippen LogP contribution in [0.2, 0.25) is 0 Å². The summed E-state index contributed by atoms with van der Waals surface area (Å²) in [6.45, 7) is 0. The summed E-state index contributed by atoms with van der Waals surface area (Å²) in [5.41, 5.74) is 10.8. The summed E-state index contributed by atoms with van der Waals surface area (Å²) in [7, 11) is 0. The highest BCUT2D eigenvalue weighted by Crippen LogP contribution is 2.39. The Kier molecular flexibility index (Phi) is 6.49. The van der Waals surface area contributed by atoms with E-state index in [1.807, 2.05) is 30.3 Å². The first-order valence-electron chi connectivity index (χ1n) is 9.36. The summed E-state index contributed by atoms with van der Waals surface area (Å²) in [4.78, 5) is 9.19. The molecule has 144 valence electrons. The highest BCUT2D eigenvalue weighted by molar-refractivity contribution is 7.99. The van der Waals surface area contributed by atoms with Gasteiger partial charge in [-0.2, -0.15) is 0 Å². The number of hydrogen-bond acceptors (Lipinski definition) is 5. The minimum atomic E-state index is 0.316. The van der Waals surface area contributed by atoms with Crippen molar-refractivity contribution in [3.05, 3.63) is 102 Å². The highest BCUT2D eigenvalue weighted by atomic mass is 32.2. The van der Waals surface area contributed by atoms with Crippen molar-refractivity contribution in [2.75, 3.05) is 5.73 Å². The lowest BCUT2D eigenvalue weighted by atomic mass is 10.1. The van der Waals surface area contributed by atoms with Crippen LogP contribution < -0.4 is 5.73 Å². The lowest BCUT2D eigenvalue weighted by Gasteiger charge is -2.14. The Hall–Kier alpha value is -2.76. The third-order valence-corrected chi connectivity index (χ3v) is 6.45. The molecule has 0 aliphatic carbocycles. The molecule has 0 aliphatic rings. The van der Waals surface area contributed by atoms with E-state index >= 15 is 0 Å². The van der Waals surface area contributed by atoms with Crippen molar-refractivity contribution in [2.45, 2.75) is 21.6 Å². The fourth-order valence-corrected chi connectivity index (χ4v) is 5.04. The Labute approximate surface area is 179 Å². The van der Waals surface area contributed by atoms with Gasteiger partial charge in [-0.05, 0) is 16.7 Å². The smallest absolute Gasteiger partial charge is 0.222 e. The SMILES string of the molecule is Nc1nc(SCc2ccccc2)c(-c2ccccc2)c(SCc2ccccc2)n1. The van der Waals surface area contributed by atoms with E-state index < -0.39 is 0 Å². The van der Waals surface area contributed by atoms with Crippen molar-refractivity contribution in [3.63, 3.8) is 0 Å². The van der Waals surface area contributed by atoms with Gasteiger partial charge in [0.1, 0.15) is 10.1 Å². The molecule has 0 fully saturated rings. The van der Waals surface area contributed by atoms with Crippen LogP contribution in [0.4, 0.5) is 5.95 Å². The predicted octanol–water partition coefficient (Wildman–Crippen LogP) is 6.31. The summed E-state index contributed by atoms with van der Waals surface area (Å²) in [6, 6.07) is 31.1. The van der Waals surface area contributed by atoms with Crippen LogP contribution in [0.3, 0.4) is 0 Å². The van der Waals surface area contributed by atoms with E-state index in [0.717, 1.165) is 32.7 Å². The molecule has 0 saturated carbocycles. The number of aromatic nitrogens is 2. The van der Waals surface area contributed by atoms with Crippen LogP contribution in [0.25, 0.3) is 11.1 Å². The lowest BCUT2D eigenvalue weighted by molar-refractivity contribution is 0.988. The molecule has 0 unspecified atom stereocenters. The lowest BCUT2D eigenvalue weighted by Crippen LogP contribution is -2.01. The van der Waals surface area contributed by atoms with Crippen molar-refractivity contribution < 1.29 is 0 Å². The molecule has 0 atom stereocenters. The first kappa shape index (κ1) is 19.6. The van der Waals surface area contributed by atoms with Crippen LogP contribution in [0.5, 0.6) is 0 Å². The van der Waals surface area contributed by atoms with Gasteiger partial charge in [-0.1, -0.05) is 91.0 Å². The molecule has 0 saturated heterocycles. The van der Waals surface area contributed by atoms with E-state index in [-0.39, 0.29) is 0 Å². The molecule has 0 aliphatic heterocycles. The first-order valence-corrected chi connectivity index (χ1v) is 11.3. The number of thioether (sulfide) groups is 2. The largest absolute Gasteiger partial charge is 0.368 e. The molecule has 2 N–H and O–H groups in total. The van der Waals surface area contributed by atoms with Crippen LogP contribution in [0.15, 0.2) is 101 Å². The predicted molar refractivity (Wildman–Crippen MR) is 124 cm³/mol. The van der Waals surface area contributed by atoms with Gasteiger partial charge in [-0.3, -0.25) is 0 Å². The first-order chi connectivity index (χ1) is 14.3. The normalized spacial score (nSPS) is 10.8. The zero-order chi connectivity index (χ0) is 19.9. The van der Waals surface area contributed by atoms with Crippen LogP contribution in [-0.4, -0.2) is 9.97 Å². The summed E-state index contributed by atoms with van der Waals surface area (Å²) < 4.78 is 0. The third-order valence-electron chi connectivity index (χ3n) is 4.36. The van der Waals surface area contributed by atoms with Gasteiger partial charge in [-0.15, -0.1) is 23.5 Å². The second-order valence-corrected chi connectivity index (χ2v) is 8.41.